The van der Waals surface area contributed by atoms with Gasteiger partial charge in [-0.15, -0.1) is 0 Å². The zero-order valence-electron chi connectivity index (χ0n) is 10.5. The van der Waals surface area contributed by atoms with Gasteiger partial charge in [-0.2, -0.15) is 0 Å². The third kappa shape index (κ3) is 10.5. The molecule has 19 heavy (non-hydrogen) atoms. The fourth-order valence-electron chi connectivity index (χ4n) is 0.989. The summed E-state index contributed by atoms with van der Waals surface area (Å²) in [6, 6.07) is 0. The molecular formula is C11H20O8. The van der Waals surface area contributed by atoms with Crippen LogP contribution in [0, 0.1) is 0 Å². The average molecular weight is 280 g/mol. The number of carbonyl (C=O) groups excluding carboxylic acids is 2. The summed E-state index contributed by atoms with van der Waals surface area (Å²) in [5.41, 5.74) is 0. The molecule has 8 heteroatoms. The second-order valence-electron chi connectivity index (χ2n) is 3.91. The van der Waals surface area contributed by atoms with Gasteiger partial charge in [0.1, 0.15) is 25.4 Å². The smallest absolute Gasteiger partial charge is 0.306 e. The number of hydrogen-bond donors (Lipinski definition) is 4. The Balaban J connectivity index is 3.58. The van der Waals surface area contributed by atoms with Crippen molar-refractivity contribution in [1.29, 1.82) is 0 Å². The van der Waals surface area contributed by atoms with Crippen LogP contribution in [0.25, 0.3) is 0 Å². The van der Waals surface area contributed by atoms with Gasteiger partial charge < -0.3 is 29.9 Å². The van der Waals surface area contributed by atoms with Gasteiger partial charge in [0.25, 0.3) is 0 Å². The van der Waals surface area contributed by atoms with Crippen LogP contribution >= 0.6 is 0 Å². The Bertz CT molecular complexity index is 267. The third-order valence-electron chi connectivity index (χ3n) is 2.04. The number of Topliss-reactive ketones (excluding diaryl/α,β-unsaturated/α-hetero) is 1. The average Bonchev–Trinajstić information content (AvgIpc) is 2.41. The fourth-order valence-corrected chi connectivity index (χ4v) is 0.989. The maximum atomic E-state index is 11.2. The predicted molar refractivity (Wildman–Crippen MR) is 62.2 cm³/mol. The van der Waals surface area contributed by atoms with Crippen LogP contribution < -0.4 is 0 Å². The van der Waals surface area contributed by atoms with E-state index >= 15 is 0 Å². The van der Waals surface area contributed by atoms with E-state index in [2.05, 4.69) is 4.74 Å². The highest BCUT2D eigenvalue weighted by atomic mass is 16.5. The summed E-state index contributed by atoms with van der Waals surface area (Å²) in [6.45, 7) is -1.69. The molecule has 0 aliphatic heterocycles. The number of esters is 1. The van der Waals surface area contributed by atoms with Crippen molar-refractivity contribution in [1.82, 2.24) is 0 Å². The standard InChI is InChI=1S/C11H20O8/c12-3-9(15)6-18-5-8(14)1-2-11(17)19-7-10(16)4-13/h9-10,12-13,15-16H,1-7H2. The van der Waals surface area contributed by atoms with Crippen molar-refractivity contribution >= 4 is 11.8 Å². The summed E-state index contributed by atoms with van der Waals surface area (Å²) >= 11 is 0. The van der Waals surface area contributed by atoms with Crippen molar-refractivity contribution in [3.63, 3.8) is 0 Å². The number of rotatable bonds is 11. The maximum Gasteiger partial charge on any atom is 0.306 e. The zero-order chi connectivity index (χ0) is 14.7. The Morgan fingerprint density at radius 2 is 1.53 bits per heavy atom. The fraction of sp³-hybridized carbons (Fsp3) is 0.818. The molecule has 8 nitrogen and oxygen atoms in total. The molecule has 0 aliphatic rings. The Hall–Kier alpha value is -1.06. The molecule has 4 N–H and O–H groups in total. The van der Waals surface area contributed by atoms with Crippen LogP contribution in [0.1, 0.15) is 12.8 Å². The Morgan fingerprint density at radius 3 is 2.11 bits per heavy atom. The molecular weight excluding hydrogens is 260 g/mol. The maximum absolute atomic E-state index is 11.2. The van der Waals surface area contributed by atoms with Crippen LogP contribution in [0.2, 0.25) is 0 Å². The molecule has 0 saturated carbocycles. The number of aliphatic hydroxyl groups is 4. The van der Waals surface area contributed by atoms with E-state index in [4.69, 9.17) is 25.2 Å². The molecule has 0 bridgehead atoms. The van der Waals surface area contributed by atoms with Gasteiger partial charge in [0.05, 0.1) is 26.2 Å². The first-order valence-corrected chi connectivity index (χ1v) is 5.82. The summed E-state index contributed by atoms with van der Waals surface area (Å²) < 4.78 is 9.40. The Morgan fingerprint density at radius 1 is 0.947 bits per heavy atom. The second kappa shape index (κ2) is 10.8. The number of ether oxygens (including phenoxy) is 2. The van der Waals surface area contributed by atoms with E-state index in [0.717, 1.165) is 0 Å². The molecule has 0 aromatic heterocycles. The Kier molecular flexibility index (Phi) is 10.2. The van der Waals surface area contributed by atoms with Gasteiger partial charge in [-0.1, -0.05) is 0 Å². The first-order valence-electron chi connectivity index (χ1n) is 5.82. The number of carbonyl (C=O) groups is 2. The first kappa shape index (κ1) is 17.9. The first-order chi connectivity index (χ1) is 8.99. The van der Waals surface area contributed by atoms with Crippen LogP contribution in [0.5, 0.6) is 0 Å². The lowest BCUT2D eigenvalue weighted by Crippen LogP contribution is -2.23. The van der Waals surface area contributed by atoms with E-state index < -0.39 is 31.4 Å². The summed E-state index contributed by atoms with van der Waals surface area (Å²) in [5, 5.41) is 34.8. The molecule has 0 spiro atoms. The molecule has 112 valence electrons. The molecule has 0 aliphatic carbocycles. The van der Waals surface area contributed by atoms with Crippen molar-refractivity contribution in [2.24, 2.45) is 0 Å². The van der Waals surface area contributed by atoms with Gasteiger partial charge in [-0.25, -0.2) is 0 Å². The Labute approximate surface area is 110 Å². The normalized spacial score (nSPS) is 13.9. The van der Waals surface area contributed by atoms with E-state index in [1.54, 1.807) is 0 Å². The molecule has 0 fully saturated rings. The predicted octanol–water partition coefficient (Wildman–Crippen LogP) is -2.40. The molecule has 0 rings (SSSR count). The molecule has 2 atom stereocenters. The summed E-state index contributed by atoms with van der Waals surface area (Å²) in [4.78, 5) is 22.4. The molecule has 0 aromatic rings. The highest BCUT2D eigenvalue weighted by Gasteiger charge is 2.11. The van der Waals surface area contributed by atoms with E-state index in [1.807, 2.05) is 0 Å². The summed E-state index contributed by atoms with van der Waals surface area (Å²) in [5.74, 6) is -0.999. The van der Waals surface area contributed by atoms with Crippen LogP contribution in [-0.2, 0) is 19.1 Å². The minimum atomic E-state index is -1.12. The SMILES string of the molecule is O=C(CCC(=O)OCC(O)CO)COCC(O)CO. The van der Waals surface area contributed by atoms with Gasteiger partial charge >= 0.3 is 5.97 Å². The molecule has 2 unspecified atom stereocenters. The van der Waals surface area contributed by atoms with Crippen molar-refractivity contribution in [2.45, 2.75) is 25.0 Å². The van der Waals surface area contributed by atoms with E-state index in [0.29, 0.717) is 0 Å². The van der Waals surface area contributed by atoms with Crippen molar-refractivity contribution in [2.75, 3.05) is 33.0 Å². The summed E-state index contributed by atoms with van der Waals surface area (Å²) in [7, 11) is 0. The minimum Gasteiger partial charge on any atom is -0.463 e. The molecule has 0 saturated heterocycles. The monoisotopic (exact) mass is 280 g/mol. The van der Waals surface area contributed by atoms with Gasteiger partial charge in [0, 0.05) is 6.42 Å². The number of ketones is 1. The lowest BCUT2D eigenvalue weighted by Gasteiger charge is -2.09. The highest BCUT2D eigenvalue weighted by Crippen LogP contribution is 1.97. The molecule has 0 radical (unpaired) electrons. The van der Waals surface area contributed by atoms with Gasteiger partial charge in [0.2, 0.25) is 0 Å². The van der Waals surface area contributed by atoms with Crippen molar-refractivity contribution in [3.05, 3.63) is 0 Å². The van der Waals surface area contributed by atoms with E-state index in [1.165, 1.54) is 0 Å². The van der Waals surface area contributed by atoms with Gasteiger partial charge in [-0.3, -0.25) is 9.59 Å². The van der Waals surface area contributed by atoms with E-state index in [9.17, 15) is 9.59 Å². The third-order valence-corrected chi connectivity index (χ3v) is 2.04. The highest BCUT2D eigenvalue weighted by molar-refractivity contribution is 5.83. The largest absolute Gasteiger partial charge is 0.463 e. The zero-order valence-corrected chi connectivity index (χ0v) is 10.5. The topological polar surface area (TPSA) is 134 Å². The number of aliphatic hydroxyl groups excluding tert-OH is 4. The minimum absolute atomic E-state index is 0.0801. The van der Waals surface area contributed by atoms with Crippen LogP contribution in [0.15, 0.2) is 0 Å². The van der Waals surface area contributed by atoms with Gasteiger partial charge in [0.15, 0.2) is 5.78 Å². The molecule has 0 heterocycles. The molecule has 0 amide bonds. The number of hydrogen-bond acceptors (Lipinski definition) is 8. The lowest BCUT2D eigenvalue weighted by molar-refractivity contribution is -0.148. The van der Waals surface area contributed by atoms with Gasteiger partial charge in [-0.05, 0) is 0 Å². The second-order valence-corrected chi connectivity index (χ2v) is 3.91. The van der Waals surface area contributed by atoms with Crippen molar-refractivity contribution in [3.8, 4) is 0 Å². The van der Waals surface area contributed by atoms with Crippen LogP contribution in [0.4, 0.5) is 0 Å². The van der Waals surface area contributed by atoms with E-state index in [-0.39, 0.29) is 38.4 Å². The molecule has 0 aromatic carbocycles. The van der Waals surface area contributed by atoms with Crippen LogP contribution in [0.3, 0.4) is 0 Å². The van der Waals surface area contributed by atoms with Crippen LogP contribution in [-0.4, -0.2) is 77.4 Å². The summed E-state index contributed by atoms with van der Waals surface area (Å²) in [6.07, 6.45) is -2.38. The van der Waals surface area contributed by atoms with Crippen molar-refractivity contribution < 1.29 is 39.5 Å². The lowest BCUT2D eigenvalue weighted by atomic mass is 10.2. The quantitative estimate of drug-likeness (QED) is 0.308.